The van der Waals surface area contributed by atoms with Gasteiger partial charge in [0.2, 0.25) is 0 Å². The second-order valence-electron chi connectivity index (χ2n) is 4.88. The van der Waals surface area contributed by atoms with Gasteiger partial charge in [0, 0.05) is 12.1 Å². The highest BCUT2D eigenvalue weighted by atomic mass is 16.3. The highest BCUT2D eigenvalue weighted by Crippen LogP contribution is 2.22. The van der Waals surface area contributed by atoms with Crippen LogP contribution in [0.15, 0.2) is 12.1 Å². The van der Waals surface area contributed by atoms with Crippen molar-refractivity contribution in [3.63, 3.8) is 0 Å². The van der Waals surface area contributed by atoms with E-state index in [4.69, 9.17) is 0 Å². The van der Waals surface area contributed by atoms with Gasteiger partial charge in [-0.05, 0) is 24.0 Å². The summed E-state index contributed by atoms with van der Waals surface area (Å²) < 4.78 is 0. The molecular weight excluding hydrogens is 190 g/mol. The lowest BCUT2D eigenvalue weighted by atomic mass is 9.90. The minimum absolute atomic E-state index is 0.0970. The molecule has 0 spiro atoms. The number of nitrogens with zero attached hydrogens (tertiary/aromatic N) is 1. The number of aromatic hydroxyl groups is 1. The zero-order valence-corrected chi connectivity index (χ0v) is 9.45. The average molecular weight is 207 g/mol. The first-order chi connectivity index (χ1) is 6.92. The molecule has 0 radical (unpaired) electrons. The third kappa shape index (κ3) is 3.70. The van der Waals surface area contributed by atoms with Crippen LogP contribution in [0, 0.1) is 5.41 Å². The summed E-state index contributed by atoms with van der Waals surface area (Å²) in [6.45, 7) is 6.38. The molecule has 0 aliphatic carbocycles. The molecule has 0 saturated heterocycles. The Morgan fingerprint density at radius 3 is 2.60 bits per heavy atom. The Hall–Kier alpha value is -1.38. The van der Waals surface area contributed by atoms with Gasteiger partial charge in [0.25, 0.3) is 0 Å². The lowest BCUT2D eigenvalue weighted by Gasteiger charge is -2.17. The molecule has 0 bridgehead atoms. The highest BCUT2D eigenvalue weighted by Gasteiger charge is 2.13. The van der Waals surface area contributed by atoms with E-state index in [1.165, 1.54) is 0 Å². The molecule has 0 aliphatic rings. The smallest absolute Gasteiger partial charge is 0.137 e. The Balaban J connectivity index is 2.92. The minimum atomic E-state index is 0.0970. The molecule has 1 rings (SSSR count). The second-order valence-corrected chi connectivity index (χ2v) is 4.88. The number of carbonyl (C=O) groups excluding carboxylic acids is 1. The van der Waals surface area contributed by atoms with Gasteiger partial charge < -0.3 is 9.90 Å². The maximum Gasteiger partial charge on any atom is 0.137 e. The fourth-order valence-electron chi connectivity index (χ4n) is 1.41. The summed E-state index contributed by atoms with van der Waals surface area (Å²) in [7, 11) is 0. The van der Waals surface area contributed by atoms with E-state index in [-0.39, 0.29) is 17.6 Å². The molecule has 1 aromatic heterocycles. The zero-order chi connectivity index (χ0) is 11.5. The van der Waals surface area contributed by atoms with Gasteiger partial charge in [0.1, 0.15) is 12.0 Å². The van der Waals surface area contributed by atoms with E-state index in [2.05, 4.69) is 25.8 Å². The SMILES string of the molecule is CC(C)(C)Cc1ccc(O)c(CC=O)n1. The summed E-state index contributed by atoms with van der Waals surface area (Å²) in [4.78, 5) is 14.6. The van der Waals surface area contributed by atoms with E-state index in [1.54, 1.807) is 12.1 Å². The van der Waals surface area contributed by atoms with Crippen LogP contribution < -0.4 is 0 Å². The number of aldehydes is 1. The lowest BCUT2D eigenvalue weighted by Crippen LogP contribution is -2.11. The lowest BCUT2D eigenvalue weighted by molar-refractivity contribution is -0.107. The van der Waals surface area contributed by atoms with Crippen LogP contribution in [0.5, 0.6) is 5.75 Å². The standard InChI is InChI=1S/C12H17NO2/c1-12(2,3)8-9-4-5-11(15)10(13-9)6-7-14/h4-5,7,15H,6,8H2,1-3H3. The van der Waals surface area contributed by atoms with Gasteiger partial charge in [-0.15, -0.1) is 0 Å². The summed E-state index contributed by atoms with van der Waals surface area (Å²) >= 11 is 0. The number of pyridine rings is 1. The first-order valence-corrected chi connectivity index (χ1v) is 5.04. The molecule has 0 aliphatic heterocycles. The molecule has 1 N–H and O–H groups in total. The normalized spacial score (nSPS) is 11.4. The molecule has 0 saturated carbocycles. The monoisotopic (exact) mass is 207 g/mol. The maximum atomic E-state index is 10.4. The quantitative estimate of drug-likeness (QED) is 0.772. The van der Waals surface area contributed by atoms with Gasteiger partial charge in [-0.3, -0.25) is 4.98 Å². The van der Waals surface area contributed by atoms with Crippen LogP contribution in [0.1, 0.15) is 32.2 Å². The molecule has 0 atom stereocenters. The van der Waals surface area contributed by atoms with E-state index >= 15 is 0 Å². The van der Waals surface area contributed by atoms with Gasteiger partial charge in [0.15, 0.2) is 0 Å². The minimum Gasteiger partial charge on any atom is -0.506 e. The fraction of sp³-hybridized carbons (Fsp3) is 0.500. The third-order valence-electron chi connectivity index (χ3n) is 2.00. The van der Waals surface area contributed by atoms with Crippen LogP contribution in [0.2, 0.25) is 0 Å². The molecule has 1 aromatic rings. The Morgan fingerprint density at radius 2 is 2.07 bits per heavy atom. The molecule has 0 amide bonds. The van der Waals surface area contributed by atoms with E-state index < -0.39 is 0 Å². The van der Waals surface area contributed by atoms with Crippen molar-refractivity contribution in [2.24, 2.45) is 5.41 Å². The molecular formula is C12H17NO2. The van der Waals surface area contributed by atoms with Crippen LogP contribution in [0.4, 0.5) is 0 Å². The van der Waals surface area contributed by atoms with Gasteiger partial charge >= 0.3 is 0 Å². The van der Waals surface area contributed by atoms with E-state index in [0.717, 1.165) is 18.4 Å². The zero-order valence-electron chi connectivity index (χ0n) is 9.45. The summed E-state index contributed by atoms with van der Waals surface area (Å²) in [5.74, 6) is 0.0970. The van der Waals surface area contributed by atoms with Crippen molar-refractivity contribution in [3.8, 4) is 5.75 Å². The second kappa shape index (κ2) is 4.43. The number of hydrogen-bond donors (Lipinski definition) is 1. The molecule has 0 fully saturated rings. The molecule has 15 heavy (non-hydrogen) atoms. The van der Waals surface area contributed by atoms with Crippen molar-refractivity contribution in [2.45, 2.75) is 33.6 Å². The number of hydrogen-bond acceptors (Lipinski definition) is 3. The van der Waals surface area contributed by atoms with Crippen molar-refractivity contribution >= 4 is 6.29 Å². The third-order valence-corrected chi connectivity index (χ3v) is 2.00. The Labute approximate surface area is 90.2 Å². The predicted molar refractivity (Wildman–Crippen MR) is 58.8 cm³/mol. The largest absolute Gasteiger partial charge is 0.506 e. The fourth-order valence-corrected chi connectivity index (χ4v) is 1.41. The maximum absolute atomic E-state index is 10.4. The van der Waals surface area contributed by atoms with E-state index in [0.29, 0.717) is 5.69 Å². The average Bonchev–Trinajstić information content (AvgIpc) is 2.09. The predicted octanol–water partition coefficient (Wildman–Crippen LogP) is 2.12. The Kier molecular flexibility index (Phi) is 3.45. The molecule has 0 aromatic carbocycles. The van der Waals surface area contributed by atoms with Crippen molar-refractivity contribution in [1.82, 2.24) is 4.98 Å². The number of carbonyl (C=O) groups is 1. The number of rotatable bonds is 3. The van der Waals surface area contributed by atoms with E-state index in [9.17, 15) is 9.90 Å². The number of aromatic nitrogens is 1. The van der Waals surface area contributed by atoms with Gasteiger partial charge in [-0.1, -0.05) is 20.8 Å². The van der Waals surface area contributed by atoms with Crippen molar-refractivity contribution < 1.29 is 9.90 Å². The van der Waals surface area contributed by atoms with Gasteiger partial charge in [-0.2, -0.15) is 0 Å². The summed E-state index contributed by atoms with van der Waals surface area (Å²) in [6, 6.07) is 3.40. The Bertz CT molecular complexity index is 353. The van der Waals surface area contributed by atoms with Crippen molar-refractivity contribution in [3.05, 3.63) is 23.5 Å². The van der Waals surface area contributed by atoms with Crippen molar-refractivity contribution in [2.75, 3.05) is 0 Å². The van der Waals surface area contributed by atoms with Crippen LogP contribution >= 0.6 is 0 Å². The summed E-state index contributed by atoms with van der Waals surface area (Å²) in [5.41, 5.74) is 1.53. The van der Waals surface area contributed by atoms with Gasteiger partial charge in [0.05, 0.1) is 5.69 Å². The van der Waals surface area contributed by atoms with E-state index in [1.807, 2.05) is 0 Å². The molecule has 1 heterocycles. The Morgan fingerprint density at radius 1 is 1.40 bits per heavy atom. The molecule has 82 valence electrons. The van der Waals surface area contributed by atoms with Gasteiger partial charge in [-0.25, -0.2) is 0 Å². The van der Waals surface area contributed by atoms with Crippen LogP contribution in [-0.2, 0) is 17.6 Å². The van der Waals surface area contributed by atoms with Crippen LogP contribution in [0.25, 0.3) is 0 Å². The summed E-state index contributed by atoms with van der Waals surface area (Å²) in [6.07, 6.45) is 1.76. The van der Waals surface area contributed by atoms with Crippen LogP contribution in [-0.4, -0.2) is 16.4 Å². The molecule has 3 heteroatoms. The first-order valence-electron chi connectivity index (χ1n) is 5.04. The molecule has 3 nitrogen and oxygen atoms in total. The molecule has 0 unspecified atom stereocenters. The first kappa shape index (κ1) is 11.7. The van der Waals surface area contributed by atoms with Crippen LogP contribution in [0.3, 0.4) is 0 Å². The summed E-state index contributed by atoms with van der Waals surface area (Å²) in [5, 5.41) is 9.44. The van der Waals surface area contributed by atoms with Crippen molar-refractivity contribution in [1.29, 1.82) is 0 Å². The highest BCUT2D eigenvalue weighted by molar-refractivity contribution is 5.55. The topological polar surface area (TPSA) is 50.2 Å².